The third-order valence-corrected chi connectivity index (χ3v) is 2.93. The summed E-state index contributed by atoms with van der Waals surface area (Å²) in [5, 5.41) is 2.55. The maximum atomic E-state index is 11.5. The van der Waals surface area contributed by atoms with Crippen molar-refractivity contribution < 1.29 is 19.1 Å². The van der Waals surface area contributed by atoms with Crippen molar-refractivity contribution in [2.24, 2.45) is 0 Å². The summed E-state index contributed by atoms with van der Waals surface area (Å²) >= 11 is 0. The van der Waals surface area contributed by atoms with Gasteiger partial charge in [-0.2, -0.15) is 0 Å². The molecular formula is C17H23NO4. The predicted octanol–water partition coefficient (Wildman–Crippen LogP) is 3.20. The van der Waals surface area contributed by atoms with Crippen LogP contribution in [0.3, 0.4) is 0 Å². The first-order chi connectivity index (χ1) is 10.6. The standard InChI is InChI=1S/C17H23NO4/c1-3-21-16(19)10-9-14(2)13-18-17(20)22-12-11-15-7-5-4-6-8-15/h4-8,13H,3,9-12H2,1-2H3,(H,18,20). The van der Waals surface area contributed by atoms with Crippen LogP contribution in [0, 0.1) is 0 Å². The zero-order chi connectivity index (χ0) is 16.2. The van der Waals surface area contributed by atoms with Gasteiger partial charge >= 0.3 is 12.1 Å². The first-order valence-electron chi connectivity index (χ1n) is 7.40. The number of alkyl carbamates (subject to hydrolysis) is 1. The predicted molar refractivity (Wildman–Crippen MR) is 84.3 cm³/mol. The fourth-order valence-corrected chi connectivity index (χ4v) is 1.73. The molecule has 0 aliphatic carbocycles. The number of rotatable bonds is 8. The van der Waals surface area contributed by atoms with Crippen LogP contribution in [-0.2, 0) is 20.7 Å². The molecule has 0 fully saturated rings. The molecule has 0 atom stereocenters. The molecule has 1 N–H and O–H groups in total. The summed E-state index contributed by atoms with van der Waals surface area (Å²) in [5.74, 6) is -0.235. The average Bonchev–Trinajstić information content (AvgIpc) is 2.52. The number of ether oxygens (including phenoxy) is 2. The molecule has 0 aromatic heterocycles. The Morgan fingerprint density at radius 3 is 2.55 bits per heavy atom. The molecule has 5 heteroatoms. The number of hydrogen-bond donors (Lipinski definition) is 1. The van der Waals surface area contributed by atoms with E-state index in [1.54, 1.807) is 13.1 Å². The molecule has 0 spiro atoms. The van der Waals surface area contributed by atoms with E-state index in [1.807, 2.05) is 37.3 Å². The number of carbonyl (C=O) groups excluding carboxylic acids is 2. The van der Waals surface area contributed by atoms with E-state index in [-0.39, 0.29) is 5.97 Å². The Balaban J connectivity index is 2.18. The van der Waals surface area contributed by atoms with Crippen LogP contribution in [-0.4, -0.2) is 25.3 Å². The number of esters is 1. The molecule has 22 heavy (non-hydrogen) atoms. The van der Waals surface area contributed by atoms with Gasteiger partial charge in [0, 0.05) is 19.0 Å². The van der Waals surface area contributed by atoms with Gasteiger partial charge in [-0.3, -0.25) is 10.1 Å². The molecule has 0 unspecified atom stereocenters. The number of hydrogen-bond acceptors (Lipinski definition) is 4. The Bertz CT molecular complexity index is 497. The summed E-state index contributed by atoms with van der Waals surface area (Å²) in [6.45, 7) is 4.32. The van der Waals surface area contributed by atoms with Crippen LogP contribution in [0.2, 0.25) is 0 Å². The van der Waals surface area contributed by atoms with Gasteiger partial charge in [-0.25, -0.2) is 4.79 Å². The maximum Gasteiger partial charge on any atom is 0.411 e. The monoisotopic (exact) mass is 305 g/mol. The van der Waals surface area contributed by atoms with Crippen LogP contribution < -0.4 is 5.32 Å². The molecule has 0 aliphatic rings. The minimum Gasteiger partial charge on any atom is -0.466 e. The van der Waals surface area contributed by atoms with Crippen molar-refractivity contribution in [3.63, 3.8) is 0 Å². The van der Waals surface area contributed by atoms with Crippen molar-refractivity contribution >= 4 is 12.1 Å². The van der Waals surface area contributed by atoms with E-state index in [4.69, 9.17) is 9.47 Å². The smallest absolute Gasteiger partial charge is 0.411 e. The third-order valence-electron chi connectivity index (χ3n) is 2.93. The van der Waals surface area contributed by atoms with Gasteiger partial charge < -0.3 is 9.47 Å². The molecule has 1 aromatic rings. The summed E-state index contributed by atoms with van der Waals surface area (Å²) in [6, 6.07) is 9.82. The Hall–Kier alpha value is -2.30. The Morgan fingerprint density at radius 2 is 1.86 bits per heavy atom. The number of benzene rings is 1. The molecule has 0 heterocycles. The molecule has 120 valence electrons. The highest BCUT2D eigenvalue weighted by atomic mass is 16.5. The molecule has 5 nitrogen and oxygen atoms in total. The lowest BCUT2D eigenvalue weighted by Gasteiger charge is -2.06. The first kappa shape index (κ1) is 17.8. The normalized spacial score (nSPS) is 10.9. The van der Waals surface area contributed by atoms with E-state index < -0.39 is 6.09 Å². The molecule has 0 aliphatic heterocycles. The van der Waals surface area contributed by atoms with Crippen molar-refractivity contribution in [3.8, 4) is 0 Å². The summed E-state index contributed by atoms with van der Waals surface area (Å²) in [4.78, 5) is 22.7. The zero-order valence-electron chi connectivity index (χ0n) is 13.1. The molecule has 0 radical (unpaired) electrons. The van der Waals surface area contributed by atoms with Gasteiger partial charge in [0.15, 0.2) is 0 Å². The van der Waals surface area contributed by atoms with Crippen molar-refractivity contribution in [3.05, 3.63) is 47.7 Å². The van der Waals surface area contributed by atoms with Crippen LogP contribution in [0.4, 0.5) is 4.79 Å². The Labute approximate surface area is 131 Å². The van der Waals surface area contributed by atoms with Crippen LogP contribution in [0.15, 0.2) is 42.1 Å². The Morgan fingerprint density at radius 1 is 1.14 bits per heavy atom. The summed E-state index contributed by atoms with van der Waals surface area (Å²) in [7, 11) is 0. The number of allylic oxidation sites excluding steroid dienone is 1. The zero-order valence-corrected chi connectivity index (χ0v) is 13.1. The summed E-state index contributed by atoms with van der Waals surface area (Å²) in [6.07, 6.45) is 2.60. The number of carbonyl (C=O) groups is 2. The quantitative estimate of drug-likeness (QED) is 0.749. The molecule has 1 aromatic carbocycles. The molecule has 1 rings (SSSR count). The van der Waals surface area contributed by atoms with E-state index in [0.717, 1.165) is 11.1 Å². The lowest BCUT2D eigenvalue weighted by atomic mass is 10.2. The Kier molecular flexibility index (Phi) is 8.42. The number of amides is 1. The summed E-state index contributed by atoms with van der Waals surface area (Å²) in [5.41, 5.74) is 2.00. The largest absolute Gasteiger partial charge is 0.466 e. The van der Waals surface area contributed by atoms with Crippen LogP contribution in [0.25, 0.3) is 0 Å². The van der Waals surface area contributed by atoms with E-state index in [9.17, 15) is 9.59 Å². The lowest BCUT2D eigenvalue weighted by molar-refractivity contribution is -0.143. The van der Waals surface area contributed by atoms with Gasteiger partial charge in [-0.1, -0.05) is 35.9 Å². The summed E-state index contributed by atoms with van der Waals surface area (Å²) < 4.78 is 9.91. The molecular weight excluding hydrogens is 282 g/mol. The minimum absolute atomic E-state index is 0.235. The van der Waals surface area contributed by atoms with E-state index in [0.29, 0.717) is 32.5 Å². The SMILES string of the molecule is CCOC(=O)CCC(C)=CNC(=O)OCCc1ccccc1. The molecule has 1 amide bonds. The molecule has 0 bridgehead atoms. The van der Waals surface area contributed by atoms with Gasteiger partial charge in [-0.05, 0) is 25.8 Å². The topological polar surface area (TPSA) is 64.6 Å². The number of nitrogens with one attached hydrogen (secondary N) is 1. The molecule has 0 saturated carbocycles. The van der Waals surface area contributed by atoms with Crippen LogP contribution in [0.1, 0.15) is 32.3 Å². The van der Waals surface area contributed by atoms with Gasteiger partial charge in [0.05, 0.1) is 13.2 Å². The first-order valence-corrected chi connectivity index (χ1v) is 7.40. The highest BCUT2D eigenvalue weighted by Gasteiger charge is 2.03. The van der Waals surface area contributed by atoms with Crippen molar-refractivity contribution in [2.75, 3.05) is 13.2 Å². The van der Waals surface area contributed by atoms with Crippen molar-refractivity contribution in [1.29, 1.82) is 0 Å². The fraction of sp³-hybridized carbons (Fsp3) is 0.412. The lowest BCUT2D eigenvalue weighted by Crippen LogP contribution is -2.20. The van der Waals surface area contributed by atoms with E-state index in [2.05, 4.69) is 5.32 Å². The second-order valence-electron chi connectivity index (χ2n) is 4.81. The van der Waals surface area contributed by atoms with Gasteiger partial charge in [-0.15, -0.1) is 0 Å². The second kappa shape index (κ2) is 10.4. The highest BCUT2D eigenvalue weighted by molar-refractivity contribution is 5.70. The fourth-order valence-electron chi connectivity index (χ4n) is 1.73. The van der Waals surface area contributed by atoms with Crippen molar-refractivity contribution in [2.45, 2.75) is 33.1 Å². The minimum atomic E-state index is -0.494. The van der Waals surface area contributed by atoms with Crippen LogP contribution >= 0.6 is 0 Å². The van der Waals surface area contributed by atoms with E-state index >= 15 is 0 Å². The van der Waals surface area contributed by atoms with E-state index in [1.165, 1.54) is 0 Å². The third kappa shape index (κ3) is 8.09. The van der Waals surface area contributed by atoms with Gasteiger partial charge in [0.25, 0.3) is 0 Å². The van der Waals surface area contributed by atoms with Crippen LogP contribution in [0.5, 0.6) is 0 Å². The van der Waals surface area contributed by atoms with Gasteiger partial charge in [0.2, 0.25) is 0 Å². The van der Waals surface area contributed by atoms with Gasteiger partial charge in [0.1, 0.15) is 0 Å². The molecule has 0 saturated heterocycles. The highest BCUT2D eigenvalue weighted by Crippen LogP contribution is 2.04. The van der Waals surface area contributed by atoms with Crippen molar-refractivity contribution in [1.82, 2.24) is 5.32 Å². The second-order valence-corrected chi connectivity index (χ2v) is 4.81. The maximum absolute atomic E-state index is 11.5. The average molecular weight is 305 g/mol.